The predicted octanol–water partition coefficient (Wildman–Crippen LogP) is 0.563. The minimum absolute atomic E-state index is 0.417. The Morgan fingerprint density at radius 2 is 2.38 bits per heavy atom. The van der Waals surface area contributed by atoms with Gasteiger partial charge in [-0.05, 0) is 12.8 Å². The summed E-state index contributed by atoms with van der Waals surface area (Å²) < 4.78 is 10.4. The van der Waals surface area contributed by atoms with Gasteiger partial charge in [-0.2, -0.15) is 0 Å². The molecule has 1 aliphatic carbocycles. The van der Waals surface area contributed by atoms with E-state index in [-0.39, 0.29) is 0 Å². The lowest BCUT2D eigenvalue weighted by Gasteiger charge is -2.05. The van der Waals surface area contributed by atoms with Crippen LogP contribution in [0.1, 0.15) is 12.8 Å². The third kappa shape index (κ3) is 0.501. The lowest BCUT2D eigenvalue weighted by molar-refractivity contribution is 0.0669. The molecule has 0 amide bonds. The molecule has 1 heterocycles. The number of hydrogen-bond acceptors (Lipinski definition) is 2. The smallest absolute Gasteiger partial charge is 0.110 e. The zero-order valence-corrected chi connectivity index (χ0v) is 4.96. The van der Waals surface area contributed by atoms with Gasteiger partial charge >= 0.3 is 0 Å². The van der Waals surface area contributed by atoms with Crippen LogP contribution in [0.25, 0.3) is 0 Å². The minimum Gasteiger partial charge on any atom is -0.379 e. The van der Waals surface area contributed by atoms with Gasteiger partial charge in [-0.3, -0.25) is 0 Å². The average Bonchev–Trinajstić information content (AvgIpc) is 2.46. The topological polar surface area (TPSA) is 21.8 Å². The van der Waals surface area contributed by atoms with E-state index in [1.54, 1.807) is 7.11 Å². The largest absolute Gasteiger partial charge is 0.379 e. The highest BCUT2D eigenvalue weighted by Gasteiger charge is 2.50. The van der Waals surface area contributed by atoms with Crippen molar-refractivity contribution in [1.82, 2.24) is 0 Å². The van der Waals surface area contributed by atoms with Crippen molar-refractivity contribution in [1.29, 1.82) is 0 Å². The molecule has 2 rings (SSSR count). The maximum atomic E-state index is 5.23. The molecule has 0 aromatic rings. The van der Waals surface area contributed by atoms with Crippen molar-refractivity contribution >= 4 is 0 Å². The first-order valence-electron chi connectivity index (χ1n) is 3.10. The Labute approximate surface area is 48.8 Å². The Morgan fingerprint density at radius 1 is 1.50 bits per heavy atom. The van der Waals surface area contributed by atoms with Crippen LogP contribution in [-0.4, -0.2) is 25.4 Å². The highest BCUT2D eigenvalue weighted by atomic mass is 16.6. The summed E-state index contributed by atoms with van der Waals surface area (Å²) in [4.78, 5) is 0. The Kier molecular flexibility index (Phi) is 0.866. The molecule has 0 aromatic heterocycles. The van der Waals surface area contributed by atoms with Gasteiger partial charge in [0.1, 0.15) is 6.10 Å². The van der Waals surface area contributed by atoms with E-state index in [0.29, 0.717) is 18.3 Å². The van der Waals surface area contributed by atoms with Gasteiger partial charge in [0.15, 0.2) is 0 Å². The maximum Gasteiger partial charge on any atom is 0.110 e. The van der Waals surface area contributed by atoms with Crippen LogP contribution in [0, 0.1) is 0 Å². The first-order valence-corrected chi connectivity index (χ1v) is 3.10. The Bertz CT molecular complexity index is 103. The van der Waals surface area contributed by atoms with Crippen LogP contribution in [0.3, 0.4) is 0 Å². The molecule has 0 bridgehead atoms. The van der Waals surface area contributed by atoms with Crippen LogP contribution in [0.15, 0.2) is 0 Å². The zero-order valence-electron chi connectivity index (χ0n) is 4.96. The van der Waals surface area contributed by atoms with E-state index in [1.807, 2.05) is 0 Å². The van der Waals surface area contributed by atoms with Crippen molar-refractivity contribution in [2.24, 2.45) is 0 Å². The number of methoxy groups -OCH3 is 1. The second-order valence-electron chi connectivity index (χ2n) is 2.49. The molecule has 0 aromatic carbocycles. The number of hydrogen-bond donors (Lipinski definition) is 0. The van der Waals surface area contributed by atoms with Gasteiger partial charge in [-0.1, -0.05) is 0 Å². The fraction of sp³-hybridized carbons (Fsp3) is 1.00. The number of ether oxygens (including phenoxy) is 2. The molecular weight excluding hydrogens is 104 g/mol. The molecule has 1 saturated heterocycles. The third-order valence-corrected chi connectivity index (χ3v) is 2.03. The molecule has 0 radical (unpaired) electrons. The Hall–Kier alpha value is -0.0800. The molecule has 0 unspecified atom stereocenters. The average molecular weight is 114 g/mol. The molecule has 0 spiro atoms. The third-order valence-electron chi connectivity index (χ3n) is 2.03. The van der Waals surface area contributed by atoms with Crippen molar-refractivity contribution in [3.05, 3.63) is 0 Å². The lowest BCUT2D eigenvalue weighted by atomic mass is 10.3. The monoisotopic (exact) mass is 114 g/mol. The first-order chi connectivity index (χ1) is 3.92. The SMILES string of the molecule is CO[C@@H]1CC[C@H]2O[C@H]12. The van der Waals surface area contributed by atoms with Crippen LogP contribution in [0.2, 0.25) is 0 Å². The van der Waals surface area contributed by atoms with Crippen LogP contribution in [0.4, 0.5) is 0 Å². The number of rotatable bonds is 1. The second-order valence-corrected chi connectivity index (χ2v) is 2.49. The van der Waals surface area contributed by atoms with E-state index >= 15 is 0 Å². The molecule has 3 atom stereocenters. The minimum atomic E-state index is 0.417. The van der Waals surface area contributed by atoms with Gasteiger partial charge in [0.25, 0.3) is 0 Å². The summed E-state index contributed by atoms with van der Waals surface area (Å²) in [5.41, 5.74) is 0. The van der Waals surface area contributed by atoms with Crippen molar-refractivity contribution in [3.8, 4) is 0 Å². The fourth-order valence-corrected chi connectivity index (χ4v) is 1.46. The summed E-state index contributed by atoms with van der Waals surface area (Å²) in [7, 11) is 1.76. The number of fused-ring (bicyclic) bond motifs is 1. The van der Waals surface area contributed by atoms with E-state index in [4.69, 9.17) is 9.47 Å². The van der Waals surface area contributed by atoms with Gasteiger partial charge in [0.05, 0.1) is 12.2 Å². The maximum absolute atomic E-state index is 5.23. The summed E-state index contributed by atoms with van der Waals surface area (Å²) in [6, 6.07) is 0. The van der Waals surface area contributed by atoms with Crippen LogP contribution in [-0.2, 0) is 9.47 Å². The van der Waals surface area contributed by atoms with Crippen molar-refractivity contribution in [2.45, 2.75) is 31.2 Å². The van der Waals surface area contributed by atoms with E-state index < -0.39 is 0 Å². The summed E-state index contributed by atoms with van der Waals surface area (Å²) in [6.07, 6.45) is 3.87. The quantitative estimate of drug-likeness (QED) is 0.465. The number of epoxide rings is 1. The molecular formula is C6H10O2. The van der Waals surface area contributed by atoms with Crippen molar-refractivity contribution in [2.75, 3.05) is 7.11 Å². The summed E-state index contributed by atoms with van der Waals surface area (Å²) in [5.74, 6) is 0. The molecule has 2 heteroatoms. The van der Waals surface area contributed by atoms with Gasteiger partial charge in [0, 0.05) is 7.11 Å². The zero-order chi connectivity index (χ0) is 5.56. The molecule has 2 nitrogen and oxygen atoms in total. The van der Waals surface area contributed by atoms with Crippen molar-refractivity contribution < 1.29 is 9.47 Å². The van der Waals surface area contributed by atoms with Gasteiger partial charge < -0.3 is 9.47 Å². The predicted molar refractivity (Wildman–Crippen MR) is 28.7 cm³/mol. The van der Waals surface area contributed by atoms with Gasteiger partial charge in [-0.15, -0.1) is 0 Å². The summed E-state index contributed by atoms with van der Waals surface area (Å²) >= 11 is 0. The summed E-state index contributed by atoms with van der Waals surface area (Å²) in [5, 5.41) is 0. The van der Waals surface area contributed by atoms with Crippen LogP contribution >= 0.6 is 0 Å². The van der Waals surface area contributed by atoms with Crippen LogP contribution < -0.4 is 0 Å². The molecule has 2 fully saturated rings. The highest BCUT2D eigenvalue weighted by Crippen LogP contribution is 2.39. The summed E-state index contributed by atoms with van der Waals surface area (Å²) in [6.45, 7) is 0. The Balaban J connectivity index is 1.97. The second kappa shape index (κ2) is 1.45. The molecule has 1 saturated carbocycles. The molecule has 8 heavy (non-hydrogen) atoms. The van der Waals surface area contributed by atoms with Gasteiger partial charge in [0.2, 0.25) is 0 Å². The molecule has 2 aliphatic rings. The highest BCUT2D eigenvalue weighted by molar-refractivity contribution is 4.98. The van der Waals surface area contributed by atoms with E-state index in [1.165, 1.54) is 12.8 Å². The first kappa shape index (κ1) is 4.77. The van der Waals surface area contributed by atoms with Crippen molar-refractivity contribution in [3.63, 3.8) is 0 Å². The molecule has 46 valence electrons. The fourth-order valence-electron chi connectivity index (χ4n) is 1.46. The van der Waals surface area contributed by atoms with E-state index in [0.717, 1.165) is 0 Å². The normalized spacial score (nSPS) is 51.4. The van der Waals surface area contributed by atoms with E-state index in [2.05, 4.69) is 0 Å². The standard InChI is InChI=1S/C6H10O2/c1-7-4-2-3-5-6(4)8-5/h4-6H,2-3H2,1H3/t4-,5-,6-/m1/s1. The Morgan fingerprint density at radius 3 is 2.62 bits per heavy atom. The molecule has 1 aliphatic heterocycles. The van der Waals surface area contributed by atoms with Crippen LogP contribution in [0.5, 0.6) is 0 Å². The lowest BCUT2D eigenvalue weighted by Crippen LogP contribution is -2.12. The van der Waals surface area contributed by atoms with E-state index in [9.17, 15) is 0 Å². The van der Waals surface area contributed by atoms with Gasteiger partial charge in [-0.25, -0.2) is 0 Å². The molecule has 0 N–H and O–H groups in total.